The van der Waals surface area contributed by atoms with Crippen LogP contribution in [0.3, 0.4) is 0 Å². The standard InChI is InChI=1S/C26H20N2O4/c29-27(30)25(15-23(25)21-13-5-9-17-7-1-3-11-19(17)21)26(28(31)32)16-24(26)22-14-6-10-18-8-2-4-12-20(18)22/h1-14,23-24H,15-16H2/t23-,24-,25+,26+/m1/s1. The summed E-state index contributed by atoms with van der Waals surface area (Å²) < 4.78 is 0. The largest absolute Gasteiger partial charge is 0.299 e. The van der Waals surface area contributed by atoms with Gasteiger partial charge in [0.2, 0.25) is 0 Å². The van der Waals surface area contributed by atoms with E-state index in [-0.39, 0.29) is 22.7 Å². The van der Waals surface area contributed by atoms with E-state index in [0.717, 1.165) is 32.7 Å². The molecule has 0 aliphatic heterocycles. The second-order valence-electron chi connectivity index (χ2n) is 9.01. The lowest BCUT2D eigenvalue weighted by Crippen LogP contribution is -2.47. The first kappa shape index (κ1) is 18.9. The molecule has 6 nitrogen and oxygen atoms in total. The lowest BCUT2D eigenvalue weighted by molar-refractivity contribution is -0.644. The normalized spacial score (nSPS) is 28.5. The number of hydrogen-bond acceptors (Lipinski definition) is 4. The van der Waals surface area contributed by atoms with Gasteiger partial charge in [-0.05, 0) is 32.7 Å². The highest BCUT2D eigenvalue weighted by Crippen LogP contribution is 2.73. The molecule has 2 fully saturated rings. The van der Waals surface area contributed by atoms with Crippen LogP contribution in [0, 0.1) is 20.2 Å². The molecule has 4 aromatic carbocycles. The predicted octanol–water partition coefficient (Wildman–Crippen LogP) is 5.70. The van der Waals surface area contributed by atoms with Gasteiger partial charge in [0.1, 0.15) is 0 Å². The summed E-state index contributed by atoms with van der Waals surface area (Å²) in [7, 11) is 0. The van der Waals surface area contributed by atoms with Gasteiger partial charge < -0.3 is 0 Å². The van der Waals surface area contributed by atoms with E-state index in [9.17, 15) is 20.2 Å². The summed E-state index contributed by atoms with van der Waals surface area (Å²) in [6.07, 6.45) is 0.381. The van der Waals surface area contributed by atoms with Crippen molar-refractivity contribution in [2.45, 2.75) is 35.8 Å². The molecule has 2 aliphatic carbocycles. The van der Waals surface area contributed by atoms with Gasteiger partial charge in [-0.3, -0.25) is 20.2 Å². The van der Waals surface area contributed by atoms with Crippen LogP contribution in [0.5, 0.6) is 0 Å². The number of rotatable bonds is 5. The SMILES string of the molecule is O=[N+]([O-])[C@@]1([C@]2([N+](=O)[O-])C[C@@H]2c2cccc3ccccc23)C[C@@H]1c1cccc2ccccc12. The lowest BCUT2D eigenvalue weighted by Gasteiger charge is -2.17. The van der Waals surface area contributed by atoms with Gasteiger partial charge in [0.05, 0.1) is 11.8 Å². The van der Waals surface area contributed by atoms with Crippen molar-refractivity contribution in [2.75, 3.05) is 0 Å². The van der Waals surface area contributed by atoms with E-state index < -0.39 is 22.9 Å². The molecule has 32 heavy (non-hydrogen) atoms. The van der Waals surface area contributed by atoms with E-state index in [1.807, 2.05) is 84.9 Å². The van der Waals surface area contributed by atoms with Gasteiger partial charge in [0, 0.05) is 22.7 Å². The summed E-state index contributed by atoms with van der Waals surface area (Å²) in [5, 5.41) is 28.9. The van der Waals surface area contributed by atoms with E-state index in [0.29, 0.717) is 0 Å². The third-order valence-electron chi connectivity index (χ3n) is 7.66. The van der Waals surface area contributed by atoms with Gasteiger partial charge in [0.25, 0.3) is 11.1 Å². The molecule has 0 unspecified atom stereocenters. The Morgan fingerprint density at radius 3 is 1.38 bits per heavy atom. The van der Waals surface area contributed by atoms with Crippen molar-refractivity contribution in [1.82, 2.24) is 0 Å². The molecule has 0 aromatic heterocycles. The molecule has 2 saturated carbocycles. The summed E-state index contributed by atoms with van der Waals surface area (Å²) in [5.41, 5.74) is -1.51. The zero-order valence-corrected chi connectivity index (χ0v) is 17.2. The van der Waals surface area contributed by atoms with Crippen LogP contribution in [0.25, 0.3) is 21.5 Å². The first-order valence-corrected chi connectivity index (χ1v) is 10.7. The van der Waals surface area contributed by atoms with Gasteiger partial charge in [-0.1, -0.05) is 84.9 Å². The van der Waals surface area contributed by atoms with Crippen molar-refractivity contribution >= 4 is 21.5 Å². The Morgan fingerprint density at radius 2 is 0.969 bits per heavy atom. The molecule has 0 amide bonds. The van der Waals surface area contributed by atoms with Gasteiger partial charge in [-0.25, -0.2) is 0 Å². The van der Waals surface area contributed by atoms with Crippen LogP contribution in [-0.2, 0) is 0 Å². The minimum Gasteiger partial charge on any atom is -0.264 e. The summed E-state index contributed by atoms with van der Waals surface area (Å²) in [6.45, 7) is 0. The van der Waals surface area contributed by atoms with E-state index >= 15 is 0 Å². The highest BCUT2D eigenvalue weighted by atomic mass is 16.7. The third kappa shape index (κ3) is 2.29. The van der Waals surface area contributed by atoms with Crippen LogP contribution < -0.4 is 0 Å². The molecular formula is C26H20N2O4. The van der Waals surface area contributed by atoms with E-state index in [1.165, 1.54) is 0 Å². The maximum atomic E-state index is 12.5. The first-order chi connectivity index (χ1) is 15.5. The van der Waals surface area contributed by atoms with Crippen LogP contribution in [-0.4, -0.2) is 20.9 Å². The van der Waals surface area contributed by atoms with Gasteiger partial charge in [-0.2, -0.15) is 0 Å². The van der Waals surface area contributed by atoms with Gasteiger partial charge in [-0.15, -0.1) is 0 Å². The average molecular weight is 424 g/mol. The van der Waals surface area contributed by atoms with Crippen LogP contribution in [0.4, 0.5) is 0 Å². The quantitative estimate of drug-likeness (QED) is 0.304. The van der Waals surface area contributed by atoms with E-state index in [2.05, 4.69) is 0 Å². The lowest BCUT2D eigenvalue weighted by atomic mass is 9.90. The monoisotopic (exact) mass is 424 g/mol. The molecule has 4 aromatic rings. The van der Waals surface area contributed by atoms with Gasteiger partial charge in [0.15, 0.2) is 0 Å². The summed E-state index contributed by atoms with van der Waals surface area (Å²) in [4.78, 5) is 24.4. The van der Waals surface area contributed by atoms with E-state index in [1.54, 1.807) is 0 Å². The molecular weight excluding hydrogens is 404 g/mol. The Hall–Kier alpha value is -3.80. The number of nitrogens with zero attached hydrogens (tertiary/aromatic N) is 2. The van der Waals surface area contributed by atoms with Gasteiger partial charge >= 0.3 is 0 Å². The molecule has 158 valence electrons. The van der Waals surface area contributed by atoms with Crippen molar-refractivity contribution in [3.63, 3.8) is 0 Å². The molecule has 6 heteroatoms. The molecule has 0 bridgehead atoms. The summed E-state index contributed by atoms with van der Waals surface area (Å²) in [5.74, 6) is -0.956. The molecule has 4 atom stereocenters. The summed E-state index contributed by atoms with van der Waals surface area (Å²) >= 11 is 0. The molecule has 6 rings (SSSR count). The van der Waals surface area contributed by atoms with Crippen molar-refractivity contribution in [1.29, 1.82) is 0 Å². The fraction of sp³-hybridized carbons (Fsp3) is 0.231. The maximum absolute atomic E-state index is 12.5. The average Bonchev–Trinajstić information content (AvgIpc) is 3.71. The van der Waals surface area contributed by atoms with Crippen molar-refractivity contribution in [3.8, 4) is 0 Å². The van der Waals surface area contributed by atoms with Crippen LogP contribution in [0.2, 0.25) is 0 Å². The Bertz CT molecular complexity index is 1310. The van der Waals surface area contributed by atoms with Crippen LogP contribution in [0.1, 0.15) is 35.8 Å². The van der Waals surface area contributed by atoms with Crippen LogP contribution >= 0.6 is 0 Å². The first-order valence-electron chi connectivity index (χ1n) is 10.7. The van der Waals surface area contributed by atoms with Crippen molar-refractivity contribution < 1.29 is 9.85 Å². The second kappa shape index (κ2) is 6.36. The Labute approximate surface area is 183 Å². The van der Waals surface area contributed by atoms with Crippen molar-refractivity contribution in [2.24, 2.45) is 0 Å². The van der Waals surface area contributed by atoms with Crippen molar-refractivity contribution in [3.05, 3.63) is 116 Å². The summed E-state index contributed by atoms with van der Waals surface area (Å²) in [6, 6.07) is 27.0. The zero-order valence-electron chi connectivity index (χ0n) is 17.2. The highest BCUT2D eigenvalue weighted by Gasteiger charge is 2.93. The topological polar surface area (TPSA) is 86.3 Å². The Kier molecular flexibility index (Phi) is 3.76. The fourth-order valence-electron chi connectivity index (χ4n) is 6.02. The molecule has 0 heterocycles. The minimum atomic E-state index is -1.60. The minimum absolute atomic E-state index is 0.191. The molecule has 0 N–H and O–H groups in total. The van der Waals surface area contributed by atoms with E-state index in [4.69, 9.17) is 0 Å². The second-order valence-corrected chi connectivity index (χ2v) is 9.01. The predicted molar refractivity (Wildman–Crippen MR) is 122 cm³/mol. The maximum Gasteiger partial charge on any atom is 0.299 e. The molecule has 2 aliphatic rings. The molecule has 0 saturated heterocycles. The number of benzene rings is 4. The highest BCUT2D eigenvalue weighted by molar-refractivity contribution is 5.88. The molecule has 0 radical (unpaired) electrons. The number of nitro groups is 2. The zero-order chi connectivity index (χ0) is 22.1. The Morgan fingerprint density at radius 1 is 0.594 bits per heavy atom. The number of fused-ring (bicyclic) bond motifs is 2. The molecule has 0 spiro atoms. The van der Waals surface area contributed by atoms with Crippen LogP contribution in [0.15, 0.2) is 84.9 Å². The number of hydrogen-bond donors (Lipinski definition) is 0. The third-order valence-corrected chi connectivity index (χ3v) is 7.66. The fourth-order valence-corrected chi connectivity index (χ4v) is 6.02. The smallest absolute Gasteiger partial charge is 0.264 e. The Balaban J connectivity index is 1.50.